The monoisotopic (exact) mass is 402 g/mol. The van der Waals surface area contributed by atoms with E-state index < -0.39 is 0 Å². The van der Waals surface area contributed by atoms with E-state index in [0.29, 0.717) is 16.6 Å². The van der Waals surface area contributed by atoms with Crippen molar-refractivity contribution in [3.8, 4) is 0 Å². The number of hydrogen-bond donors (Lipinski definition) is 1. The van der Waals surface area contributed by atoms with Crippen molar-refractivity contribution in [3.63, 3.8) is 0 Å². The van der Waals surface area contributed by atoms with E-state index in [2.05, 4.69) is 56.0 Å². The zero-order valence-corrected chi connectivity index (χ0v) is 14.4. The Balaban J connectivity index is 2.16. The van der Waals surface area contributed by atoms with Gasteiger partial charge in [0.05, 0.1) is 11.3 Å². The fourth-order valence-electron chi connectivity index (χ4n) is 1.45. The Labute approximate surface area is 132 Å². The Hall–Kier alpha value is -0.720. The lowest BCUT2D eigenvalue weighted by atomic mass is 10.2. The summed E-state index contributed by atoms with van der Waals surface area (Å²) >= 11 is 8.18. The van der Waals surface area contributed by atoms with Crippen molar-refractivity contribution >= 4 is 54.2 Å². The molecular weight excluding hydrogens is 392 g/mol. The van der Waals surface area contributed by atoms with Crippen LogP contribution in [-0.2, 0) is 0 Å². The zero-order chi connectivity index (χ0) is 14.0. The van der Waals surface area contributed by atoms with Gasteiger partial charge in [-0.15, -0.1) is 11.3 Å². The molecule has 3 nitrogen and oxygen atoms in total. The number of thiazole rings is 1. The predicted octanol–water partition coefficient (Wildman–Crippen LogP) is 5.04. The Morgan fingerprint density at radius 3 is 2.68 bits per heavy atom. The molecule has 0 radical (unpaired) electrons. The van der Waals surface area contributed by atoms with Gasteiger partial charge >= 0.3 is 0 Å². The Morgan fingerprint density at radius 2 is 2.11 bits per heavy atom. The maximum atomic E-state index is 12.1. The third-order valence-corrected chi connectivity index (χ3v) is 4.43. The molecule has 1 aromatic heterocycles. The lowest BCUT2D eigenvalue weighted by Gasteiger charge is -2.04. The summed E-state index contributed by atoms with van der Waals surface area (Å²) in [5, 5.41) is 5.41. The van der Waals surface area contributed by atoms with Crippen molar-refractivity contribution in [2.24, 2.45) is 0 Å². The van der Waals surface area contributed by atoms with Crippen LogP contribution in [0, 0.1) is 0 Å². The summed E-state index contributed by atoms with van der Waals surface area (Å²) in [5.41, 5.74) is 1.58. The quantitative estimate of drug-likeness (QED) is 0.779. The summed E-state index contributed by atoms with van der Waals surface area (Å²) in [6, 6.07) is 5.44. The first kappa shape index (κ1) is 14.7. The van der Waals surface area contributed by atoms with Crippen LogP contribution in [0.5, 0.6) is 0 Å². The number of nitrogens with zero attached hydrogens (tertiary/aromatic N) is 1. The molecule has 2 rings (SSSR count). The highest BCUT2D eigenvalue weighted by Gasteiger charge is 2.13. The standard InChI is InChI=1S/C13H12Br2N2OS/c1-7(2)11-6-19-13(16-11)17-12(18)9-4-3-8(14)5-10(9)15/h3-7H,1-2H3,(H,16,17,18). The first-order chi connectivity index (χ1) is 8.97. The van der Waals surface area contributed by atoms with Gasteiger partial charge in [0, 0.05) is 14.3 Å². The van der Waals surface area contributed by atoms with Crippen LogP contribution in [0.1, 0.15) is 35.8 Å². The molecule has 1 aromatic carbocycles. The molecule has 1 amide bonds. The van der Waals surface area contributed by atoms with E-state index >= 15 is 0 Å². The van der Waals surface area contributed by atoms with Gasteiger partial charge in [0.15, 0.2) is 5.13 Å². The van der Waals surface area contributed by atoms with Crippen molar-refractivity contribution in [1.82, 2.24) is 4.98 Å². The SMILES string of the molecule is CC(C)c1csc(NC(=O)c2ccc(Br)cc2Br)n1. The fourth-order valence-corrected chi connectivity index (χ4v) is 3.54. The van der Waals surface area contributed by atoms with Crippen molar-refractivity contribution in [3.05, 3.63) is 43.8 Å². The molecule has 0 aliphatic heterocycles. The molecule has 0 spiro atoms. The van der Waals surface area contributed by atoms with Crippen LogP contribution in [-0.4, -0.2) is 10.9 Å². The fraction of sp³-hybridized carbons (Fsp3) is 0.231. The Kier molecular flexibility index (Phi) is 4.76. The average Bonchev–Trinajstić information content (AvgIpc) is 2.77. The van der Waals surface area contributed by atoms with E-state index in [0.717, 1.165) is 14.6 Å². The van der Waals surface area contributed by atoms with Crippen molar-refractivity contribution < 1.29 is 4.79 Å². The van der Waals surface area contributed by atoms with Crippen molar-refractivity contribution in [1.29, 1.82) is 0 Å². The minimum atomic E-state index is -0.163. The number of carbonyl (C=O) groups excluding carboxylic acids is 1. The molecule has 0 aliphatic rings. The Morgan fingerprint density at radius 1 is 1.37 bits per heavy atom. The number of amides is 1. The van der Waals surface area contributed by atoms with Crippen LogP contribution in [0.15, 0.2) is 32.5 Å². The summed E-state index contributed by atoms with van der Waals surface area (Å²) in [5.74, 6) is 0.199. The van der Waals surface area contributed by atoms with E-state index in [4.69, 9.17) is 0 Å². The first-order valence-corrected chi connectivity index (χ1v) is 8.15. The highest BCUT2D eigenvalue weighted by atomic mass is 79.9. The van der Waals surface area contributed by atoms with Crippen molar-refractivity contribution in [2.45, 2.75) is 19.8 Å². The molecule has 0 aliphatic carbocycles. The molecule has 0 unspecified atom stereocenters. The molecule has 1 N–H and O–H groups in total. The van der Waals surface area contributed by atoms with Gasteiger partial charge in [-0.25, -0.2) is 4.98 Å². The number of nitrogens with one attached hydrogen (secondary N) is 1. The molecule has 100 valence electrons. The number of anilines is 1. The molecule has 19 heavy (non-hydrogen) atoms. The van der Waals surface area contributed by atoms with Gasteiger partial charge in [-0.1, -0.05) is 29.8 Å². The second kappa shape index (κ2) is 6.15. The summed E-state index contributed by atoms with van der Waals surface area (Å²) in [4.78, 5) is 16.5. The van der Waals surface area contributed by atoms with E-state index in [9.17, 15) is 4.79 Å². The van der Waals surface area contributed by atoms with Crippen LogP contribution in [0.25, 0.3) is 0 Å². The predicted molar refractivity (Wildman–Crippen MR) is 86.0 cm³/mol. The lowest BCUT2D eigenvalue weighted by Crippen LogP contribution is -2.12. The summed E-state index contributed by atoms with van der Waals surface area (Å²) in [6.07, 6.45) is 0. The smallest absolute Gasteiger partial charge is 0.258 e. The summed E-state index contributed by atoms with van der Waals surface area (Å²) in [6.45, 7) is 4.15. The molecule has 1 heterocycles. The third kappa shape index (κ3) is 3.64. The number of rotatable bonds is 3. The van der Waals surface area contributed by atoms with Crippen LogP contribution in [0.2, 0.25) is 0 Å². The largest absolute Gasteiger partial charge is 0.298 e. The topological polar surface area (TPSA) is 42.0 Å². The summed E-state index contributed by atoms with van der Waals surface area (Å²) < 4.78 is 1.67. The van der Waals surface area contributed by atoms with E-state index in [1.54, 1.807) is 6.07 Å². The normalized spacial score (nSPS) is 10.8. The highest BCUT2D eigenvalue weighted by Crippen LogP contribution is 2.25. The number of aromatic nitrogens is 1. The minimum Gasteiger partial charge on any atom is -0.298 e. The second-order valence-corrected chi connectivity index (χ2v) is 6.94. The van der Waals surface area contributed by atoms with E-state index in [1.165, 1.54) is 11.3 Å². The van der Waals surface area contributed by atoms with Crippen LogP contribution in [0.4, 0.5) is 5.13 Å². The molecule has 0 saturated heterocycles. The van der Waals surface area contributed by atoms with Gasteiger partial charge in [0.2, 0.25) is 0 Å². The van der Waals surface area contributed by atoms with Gasteiger partial charge in [-0.3, -0.25) is 10.1 Å². The lowest BCUT2D eigenvalue weighted by molar-refractivity contribution is 0.102. The van der Waals surface area contributed by atoms with Gasteiger partial charge in [-0.05, 0) is 40.0 Å². The van der Waals surface area contributed by atoms with Crippen molar-refractivity contribution in [2.75, 3.05) is 5.32 Å². The second-order valence-electron chi connectivity index (χ2n) is 4.31. The molecule has 2 aromatic rings. The number of carbonyl (C=O) groups is 1. The summed E-state index contributed by atoms with van der Waals surface area (Å²) in [7, 11) is 0. The van der Waals surface area contributed by atoms with Gasteiger partial charge in [0.1, 0.15) is 0 Å². The molecule has 0 saturated carbocycles. The van der Waals surface area contributed by atoms with Crippen LogP contribution < -0.4 is 5.32 Å². The number of hydrogen-bond acceptors (Lipinski definition) is 3. The maximum Gasteiger partial charge on any atom is 0.258 e. The van der Waals surface area contributed by atoms with Crippen LogP contribution in [0.3, 0.4) is 0 Å². The van der Waals surface area contributed by atoms with Gasteiger partial charge in [0.25, 0.3) is 5.91 Å². The molecule has 0 atom stereocenters. The molecular formula is C13H12Br2N2OS. The van der Waals surface area contributed by atoms with Gasteiger partial charge < -0.3 is 0 Å². The molecule has 0 fully saturated rings. The molecule has 0 bridgehead atoms. The molecule has 6 heteroatoms. The van der Waals surface area contributed by atoms with E-state index in [1.807, 2.05) is 17.5 Å². The Bertz CT molecular complexity index is 610. The van der Waals surface area contributed by atoms with Gasteiger partial charge in [-0.2, -0.15) is 0 Å². The number of benzene rings is 1. The zero-order valence-electron chi connectivity index (χ0n) is 10.4. The first-order valence-electron chi connectivity index (χ1n) is 5.69. The van der Waals surface area contributed by atoms with Crippen LogP contribution >= 0.6 is 43.2 Å². The third-order valence-electron chi connectivity index (χ3n) is 2.51. The maximum absolute atomic E-state index is 12.1. The highest BCUT2D eigenvalue weighted by molar-refractivity contribution is 9.11. The number of halogens is 2. The minimum absolute atomic E-state index is 0.163. The van der Waals surface area contributed by atoms with E-state index in [-0.39, 0.29) is 5.91 Å². The average molecular weight is 404 g/mol.